The summed E-state index contributed by atoms with van der Waals surface area (Å²) in [7, 11) is 0. The highest BCUT2D eigenvalue weighted by Gasteiger charge is 2.53. The van der Waals surface area contributed by atoms with E-state index in [1.165, 1.54) is 45.3 Å². The molecule has 2 atom stereocenters. The van der Waals surface area contributed by atoms with E-state index in [1.54, 1.807) is 0 Å². The number of aliphatic hydroxyl groups is 2. The second-order valence-corrected chi connectivity index (χ2v) is 18.4. The number of esters is 2. The minimum Gasteiger partial charge on any atom is -0.453 e. The first-order valence-corrected chi connectivity index (χ1v) is 21.0. The van der Waals surface area contributed by atoms with E-state index < -0.39 is 23.1 Å². The van der Waals surface area contributed by atoms with E-state index in [9.17, 15) is 19.8 Å². The average Bonchev–Trinajstić information content (AvgIpc) is 3.97. The zero-order chi connectivity index (χ0) is 33.7. The standard InChI is InChI=1S/C37H44N2O6S4/c40-34(36(42,30-6-1-20-46-30)31-7-2-21-47-31)44-28-24-38(16-10-26(28)11-17-38)14-5-15-39-18-12-27(13-19-39)29(25-39)45-35(41)37(43,32-8-3-22-48-32)33-9-4-23-49-33/h1-4,6-9,20-23,26-29,42-43H,5,10-19,24-25H2/q+2/t26?,27?,28-,29-,38?,39?/m0/s1. The van der Waals surface area contributed by atoms with Crippen LogP contribution >= 0.6 is 45.3 Å². The summed E-state index contributed by atoms with van der Waals surface area (Å²) in [4.78, 5) is 30.0. The Morgan fingerprint density at radius 2 is 0.939 bits per heavy atom. The van der Waals surface area contributed by atoms with E-state index in [1.807, 2.05) is 70.1 Å². The molecule has 6 aliphatic rings. The summed E-state index contributed by atoms with van der Waals surface area (Å²) >= 11 is 5.51. The SMILES string of the molecule is O=C(O[C@H]1C[N+]2(CCC[N+]34CCC(CC3)[C@@H](OC(=O)C(O)(c3cccs3)c3cccs3)C4)CCC1CC2)C(O)(c1cccs1)c1cccs1. The summed E-state index contributed by atoms with van der Waals surface area (Å²) in [5.74, 6) is -0.454. The van der Waals surface area contributed by atoms with E-state index in [0.717, 1.165) is 93.4 Å². The number of carbonyl (C=O) groups is 2. The lowest BCUT2D eigenvalue weighted by molar-refractivity contribution is -0.963. The number of fused-ring (bicyclic) bond motifs is 6. The molecule has 4 aromatic heterocycles. The molecule has 6 saturated heterocycles. The van der Waals surface area contributed by atoms with E-state index in [4.69, 9.17) is 9.47 Å². The van der Waals surface area contributed by atoms with Gasteiger partial charge in [-0.2, -0.15) is 0 Å². The molecule has 4 bridgehead atoms. The molecule has 260 valence electrons. The Morgan fingerprint density at radius 1 is 0.612 bits per heavy atom. The van der Waals surface area contributed by atoms with Gasteiger partial charge < -0.3 is 28.7 Å². The molecule has 0 unspecified atom stereocenters. The molecule has 0 aromatic carbocycles. The molecule has 49 heavy (non-hydrogen) atoms. The summed E-state index contributed by atoms with van der Waals surface area (Å²) in [6, 6.07) is 14.7. The number of hydrogen-bond donors (Lipinski definition) is 2. The molecule has 10 rings (SSSR count). The third-order valence-electron chi connectivity index (χ3n) is 12.0. The van der Waals surface area contributed by atoms with E-state index in [2.05, 4.69) is 0 Å². The molecule has 8 nitrogen and oxygen atoms in total. The van der Waals surface area contributed by atoms with Crippen molar-refractivity contribution in [1.82, 2.24) is 0 Å². The van der Waals surface area contributed by atoms with E-state index in [-0.39, 0.29) is 12.2 Å². The predicted octanol–water partition coefficient (Wildman–Crippen LogP) is 5.80. The molecule has 0 aliphatic carbocycles. The minimum atomic E-state index is -1.78. The van der Waals surface area contributed by atoms with Gasteiger partial charge >= 0.3 is 11.9 Å². The van der Waals surface area contributed by atoms with Crippen LogP contribution in [0.2, 0.25) is 0 Å². The van der Waals surface area contributed by atoms with Crippen molar-refractivity contribution in [1.29, 1.82) is 0 Å². The molecule has 12 heteroatoms. The summed E-state index contributed by atoms with van der Waals surface area (Å²) in [5, 5.41) is 31.2. The fraction of sp³-hybridized carbons (Fsp3) is 0.514. The molecular weight excluding hydrogens is 697 g/mol. The van der Waals surface area contributed by atoms with E-state index in [0.29, 0.717) is 31.3 Å². The number of carbonyl (C=O) groups excluding carboxylic acids is 2. The van der Waals surface area contributed by atoms with Gasteiger partial charge in [-0.05, 0) is 45.8 Å². The molecule has 6 fully saturated rings. The van der Waals surface area contributed by atoms with Gasteiger partial charge in [0.2, 0.25) is 11.2 Å². The smallest absolute Gasteiger partial charge is 0.349 e. The van der Waals surface area contributed by atoms with Gasteiger partial charge in [0.05, 0.1) is 58.8 Å². The fourth-order valence-electron chi connectivity index (χ4n) is 9.11. The van der Waals surface area contributed by atoms with Crippen LogP contribution in [-0.2, 0) is 30.3 Å². The molecule has 0 radical (unpaired) electrons. The molecule has 2 N–H and O–H groups in total. The first kappa shape index (κ1) is 33.7. The van der Waals surface area contributed by atoms with Gasteiger partial charge in [-0.1, -0.05) is 24.3 Å². The van der Waals surface area contributed by atoms with Crippen LogP contribution in [0.25, 0.3) is 0 Å². The van der Waals surface area contributed by atoms with Gasteiger partial charge in [-0.3, -0.25) is 0 Å². The zero-order valence-corrected chi connectivity index (χ0v) is 30.8. The lowest BCUT2D eigenvalue weighted by atomic mass is 9.82. The van der Waals surface area contributed by atoms with Crippen LogP contribution in [0.1, 0.15) is 51.6 Å². The maximum Gasteiger partial charge on any atom is 0.349 e. The topological polar surface area (TPSA) is 93.1 Å². The van der Waals surface area contributed by atoms with Crippen LogP contribution < -0.4 is 0 Å². The van der Waals surface area contributed by atoms with Crippen molar-refractivity contribution in [2.75, 3.05) is 52.4 Å². The quantitative estimate of drug-likeness (QED) is 0.141. The molecule has 0 spiro atoms. The summed E-state index contributed by atoms with van der Waals surface area (Å²) in [5.41, 5.74) is -3.56. The van der Waals surface area contributed by atoms with Crippen molar-refractivity contribution in [3.05, 3.63) is 89.6 Å². The molecule has 10 heterocycles. The van der Waals surface area contributed by atoms with Crippen molar-refractivity contribution < 1.29 is 38.2 Å². The maximum absolute atomic E-state index is 13.8. The largest absolute Gasteiger partial charge is 0.453 e. The van der Waals surface area contributed by atoms with Gasteiger partial charge in [0.25, 0.3) is 0 Å². The Labute approximate surface area is 303 Å². The van der Waals surface area contributed by atoms with Crippen molar-refractivity contribution in [3.63, 3.8) is 0 Å². The Balaban J connectivity index is 0.910. The Bertz CT molecular complexity index is 1510. The molecule has 0 saturated carbocycles. The number of piperidine rings is 6. The van der Waals surface area contributed by atoms with Crippen molar-refractivity contribution in [2.24, 2.45) is 11.8 Å². The zero-order valence-electron chi connectivity index (χ0n) is 27.5. The Morgan fingerprint density at radius 3 is 1.22 bits per heavy atom. The molecular formula is C37H44N2O6S4+2. The number of ether oxygens (including phenoxy) is 2. The summed E-state index contributed by atoms with van der Waals surface area (Å²) < 4.78 is 14.5. The minimum absolute atomic E-state index is 0.201. The second-order valence-electron chi connectivity index (χ2n) is 14.6. The van der Waals surface area contributed by atoms with Crippen molar-refractivity contribution in [2.45, 2.75) is 55.5 Å². The van der Waals surface area contributed by atoms with Gasteiger partial charge in [0.1, 0.15) is 13.1 Å². The van der Waals surface area contributed by atoms with Crippen LogP contribution in [0.15, 0.2) is 70.1 Å². The normalized spacial score (nSPS) is 29.6. The highest BCUT2D eigenvalue weighted by molar-refractivity contribution is 7.12. The Kier molecular flexibility index (Phi) is 9.14. The number of rotatable bonds is 12. The van der Waals surface area contributed by atoms with Crippen LogP contribution in [0.3, 0.4) is 0 Å². The molecule has 6 aliphatic heterocycles. The lowest BCUT2D eigenvalue weighted by Crippen LogP contribution is -2.67. The number of thiophene rings is 4. The highest BCUT2D eigenvalue weighted by Crippen LogP contribution is 2.43. The third-order valence-corrected chi connectivity index (χ3v) is 15.9. The Hall–Kier alpha value is -2.42. The van der Waals surface area contributed by atoms with Crippen LogP contribution in [0, 0.1) is 11.8 Å². The maximum atomic E-state index is 13.8. The fourth-order valence-corrected chi connectivity index (χ4v) is 12.5. The van der Waals surface area contributed by atoms with Crippen molar-refractivity contribution in [3.8, 4) is 0 Å². The number of hydrogen-bond acceptors (Lipinski definition) is 10. The third kappa shape index (κ3) is 6.05. The van der Waals surface area contributed by atoms with Crippen LogP contribution in [0.5, 0.6) is 0 Å². The number of quaternary nitrogens is 2. The van der Waals surface area contributed by atoms with Crippen LogP contribution in [0.4, 0.5) is 0 Å². The monoisotopic (exact) mass is 740 g/mol. The second kappa shape index (κ2) is 13.3. The lowest BCUT2D eigenvalue weighted by Gasteiger charge is -2.54. The predicted molar refractivity (Wildman–Crippen MR) is 193 cm³/mol. The summed E-state index contributed by atoms with van der Waals surface area (Å²) in [6.45, 7) is 8.07. The average molecular weight is 741 g/mol. The molecule has 4 aromatic rings. The van der Waals surface area contributed by atoms with Crippen LogP contribution in [-0.4, -0.2) is 95.7 Å². The first-order chi connectivity index (χ1) is 23.7. The van der Waals surface area contributed by atoms with Gasteiger partial charge in [0, 0.05) is 43.9 Å². The van der Waals surface area contributed by atoms with Gasteiger partial charge in [0.15, 0.2) is 12.2 Å². The van der Waals surface area contributed by atoms with Gasteiger partial charge in [-0.25, -0.2) is 9.59 Å². The first-order valence-electron chi connectivity index (χ1n) is 17.5. The van der Waals surface area contributed by atoms with Crippen molar-refractivity contribution >= 4 is 57.3 Å². The van der Waals surface area contributed by atoms with Gasteiger partial charge in [-0.15, -0.1) is 45.3 Å². The number of nitrogens with zero attached hydrogens (tertiary/aromatic N) is 2. The van der Waals surface area contributed by atoms with E-state index >= 15 is 0 Å². The summed E-state index contributed by atoms with van der Waals surface area (Å²) in [6.07, 6.45) is 4.79. The highest BCUT2D eigenvalue weighted by atomic mass is 32.1. The molecule has 0 amide bonds.